The minimum absolute atomic E-state index is 0.0385. The molecule has 11 heteroatoms. The number of carbonyl (C=O) groups excluding carboxylic acids is 1. The summed E-state index contributed by atoms with van der Waals surface area (Å²) in [5.41, 5.74) is 13.5. The molecule has 0 saturated heterocycles. The zero-order valence-corrected chi connectivity index (χ0v) is 22.7. The van der Waals surface area contributed by atoms with E-state index in [-0.39, 0.29) is 5.91 Å². The van der Waals surface area contributed by atoms with Gasteiger partial charge in [0.1, 0.15) is 5.84 Å². The van der Waals surface area contributed by atoms with Gasteiger partial charge in [0.15, 0.2) is 6.67 Å². The Labute approximate surface area is 227 Å². The molecule has 2 aromatic carbocycles. The SMILES string of the molecule is C=C1c2ccc(-c3ccc4c(c3)N=C(N)CC(C(=O)N(CCC)CCC)=C4)cc2C=NN1Cn1[nH][nH]n(C)[nH]1. The second-order valence-corrected chi connectivity index (χ2v) is 9.86. The minimum atomic E-state index is 0.0385. The third-order valence-electron chi connectivity index (χ3n) is 6.79. The van der Waals surface area contributed by atoms with Crippen LogP contribution in [0.1, 0.15) is 49.8 Å². The average Bonchev–Trinajstić information content (AvgIpc) is 3.25. The molecule has 204 valence electrons. The lowest BCUT2D eigenvalue weighted by Crippen LogP contribution is -2.34. The van der Waals surface area contributed by atoms with Gasteiger partial charge in [-0.1, -0.05) is 44.7 Å². The second-order valence-electron chi connectivity index (χ2n) is 9.86. The number of amidine groups is 1. The number of amides is 1. The highest BCUT2D eigenvalue weighted by atomic mass is 16.2. The number of nitrogens with zero attached hydrogens (tertiary/aromatic N) is 6. The smallest absolute Gasteiger partial charge is 0.250 e. The molecule has 5 rings (SSSR count). The Morgan fingerprint density at radius 1 is 1.08 bits per heavy atom. The maximum absolute atomic E-state index is 13.3. The predicted octanol–water partition coefficient (Wildman–Crippen LogP) is 4.30. The summed E-state index contributed by atoms with van der Waals surface area (Å²) in [6.07, 6.45) is 5.97. The zero-order valence-electron chi connectivity index (χ0n) is 22.7. The largest absolute Gasteiger partial charge is 0.387 e. The van der Waals surface area contributed by atoms with Crippen molar-refractivity contribution in [2.75, 3.05) is 13.1 Å². The Balaban J connectivity index is 1.41. The zero-order chi connectivity index (χ0) is 27.5. The fourth-order valence-electron chi connectivity index (χ4n) is 4.91. The van der Waals surface area contributed by atoms with Crippen molar-refractivity contribution in [3.63, 3.8) is 0 Å². The third kappa shape index (κ3) is 5.47. The number of carbonyl (C=O) groups is 1. The monoisotopic (exact) mass is 528 g/mol. The third-order valence-corrected chi connectivity index (χ3v) is 6.79. The van der Waals surface area contributed by atoms with Gasteiger partial charge in [-0.15, -0.1) is 0 Å². The van der Waals surface area contributed by atoms with E-state index in [4.69, 9.17) is 5.73 Å². The number of aromatic nitrogens is 5. The van der Waals surface area contributed by atoms with Crippen LogP contribution in [0.4, 0.5) is 5.69 Å². The van der Waals surface area contributed by atoms with Crippen LogP contribution in [0, 0.1) is 0 Å². The van der Waals surface area contributed by atoms with Crippen molar-refractivity contribution in [1.29, 1.82) is 0 Å². The van der Waals surface area contributed by atoms with Crippen molar-refractivity contribution in [3.05, 3.63) is 65.2 Å². The number of nitrogens with two attached hydrogens (primary N) is 1. The number of aliphatic imine (C=N–C) groups is 1. The number of benzene rings is 2. The molecule has 0 atom stereocenters. The standard InChI is InChI=1S/C28H36N10O/c1-5-11-36(12-6-2)28(39)23-14-22-8-7-21(15-26(22)31-27(29)16-23)20-9-10-25-19(3)37(30-17-24(25)13-20)18-38-33-32-35(4)34-38/h7-10,13-15,17,32-34H,3,5-6,11-12,16,18H2,1-2,4H3,(H2,29,31). The second kappa shape index (κ2) is 11.0. The van der Waals surface area contributed by atoms with Crippen molar-refractivity contribution in [2.45, 2.75) is 39.8 Å². The highest BCUT2D eigenvalue weighted by Gasteiger charge is 2.22. The summed E-state index contributed by atoms with van der Waals surface area (Å²) in [5, 5.41) is 15.4. The summed E-state index contributed by atoms with van der Waals surface area (Å²) < 4.78 is 0. The number of hydrogen-bond donors (Lipinski definition) is 4. The molecular weight excluding hydrogens is 492 g/mol. The molecule has 0 spiro atoms. The lowest BCUT2D eigenvalue weighted by atomic mass is 9.96. The van der Waals surface area contributed by atoms with Gasteiger partial charge in [-0.05, 0) is 42.2 Å². The molecule has 5 N–H and O–H groups in total. The van der Waals surface area contributed by atoms with Crippen LogP contribution in [0.25, 0.3) is 22.9 Å². The van der Waals surface area contributed by atoms with Crippen molar-refractivity contribution in [2.24, 2.45) is 22.9 Å². The Morgan fingerprint density at radius 2 is 1.82 bits per heavy atom. The Kier molecular flexibility index (Phi) is 7.31. The number of aryl methyl sites for hydroxylation is 1. The summed E-state index contributed by atoms with van der Waals surface area (Å²) in [5.74, 6) is 0.479. The first-order valence-electron chi connectivity index (χ1n) is 13.3. The van der Waals surface area contributed by atoms with E-state index in [2.05, 4.69) is 70.4 Å². The van der Waals surface area contributed by atoms with E-state index < -0.39 is 0 Å². The van der Waals surface area contributed by atoms with Crippen LogP contribution in [-0.2, 0) is 18.5 Å². The first-order chi connectivity index (χ1) is 18.9. The van der Waals surface area contributed by atoms with Crippen LogP contribution < -0.4 is 5.73 Å². The normalized spacial score (nSPS) is 14.3. The molecule has 0 aliphatic carbocycles. The molecule has 1 amide bonds. The fourth-order valence-corrected chi connectivity index (χ4v) is 4.91. The van der Waals surface area contributed by atoms with Gasteiger partial charge in [-0.3, -0.25) is 4.79 Å². The minimum Gasteiger partial charge on any atom is -0.387 e. The summed E-state index contributed by atoms with van der Waals surface area (Å²) in [7, 11) is 1.85. The Bertz CT molecular complexity index is 1510. The van der Waals surface area contributed by atoms with Gasteiger partial charge in [0.2, 0.25) is 5.91 Å². The van der Waals surface area contributed by atoms with Crippen molar-refractivity contribution < 1.29 is 4.79 Å². The van der Waals surface area contributed by atoms with Crippen LogP contribution >= 0.6 is 0 Å². The first-order valence-corrected chi connectivity index (χ1v) is 13.3. The van der Waals surface area contributed by atoms with Gasteiger partial charge in [0.05, 0.1) is 17.6 Å². The molecule has 3 aromatic rings. The Morgan fingerprint density at radius 3 is 2.54 bits per heavy atom. The van der Waals surface area contributed by atoms with Crippen molar-refractivity contribution in [1.82, 2.24) is 35.1 Å². The van der Waals surface area contributed by atoms with E-state index >= 15 is 0 Å². The molecule has 0 unspecified atom stereocenters. The maximum atomic E-state index is 13.3. The Hall–Kier alpha value is -4.67. The van der Waals surface area contributed by atoms with Gasteiger partial charge in [-0.25, -0.2) is 30.4 Å². The molecular formula is C28H36N10O. The highest BCUT2D eigenvalue weighted by molar-refractivity contribution is 6.05. The average molecular weight is 529 g/mol. The molecule has 0 fully saturated rings. The molecule has 0 bridgehead atoms. The number of aromatic amines is 3. The summed E-state index contributed by atoms with van der Waals surface area (Å²) in [6.45, 7) is 10.4. The van der Waals surface area contributed by atoms with Gasteiger partial charge >= 0.3 is 0 Å². The molecule has 0 radical (unpaired) electrons. The van der Waals surface area contributed by atoms with Crippen LogP contribution in [0.3, 0.4) is 0 Å². The maximum Gasteiger partial charge on any atom is 0.250 e. The van der Waals surface area contributed by atoms with E-state index in [0.717, 1.165) is 65.1 Å². The fraction of sp³-hybridized carbons (Fsp3) is 0.321. The number of rotatable bonds is 8. The van der Waals surface area contributed by atoms with Gasteiger partial charge < -0.3 is 10.6 Å². The van der Waals surface area contributed by atoms with E-state index in [1.165, 1.54) is 0 Å². The van der Waals surface area contributed by atoms with E-state index in [9.17, 15) is 4.79 Å². The number of H-pyrrole nitrogens is 3. The van der Waals surface area contributed by atoms with Crippen LogP contribution in [0.2, 0.25) is 0 Å². The van der Waals surface area contributed by atoms with Crippen LogP contribution in [0.5, 0.6) is 0 Å². The van der Waals surface area contributed by atoms with Crippen molar-refractivity contribution >= 4 is 35.4 Å². The van der Waals surface area contributed by atoms with Gasteiger partial charge in [0, 0.05) is 48.8 Å². The van der Waals surface area contributed by atoms with Crippen LogP contribution in [0.15, 0.2) is 58.6 Å². The summed E-state index contributed by atoms with van der Waals surface area (Å²) in [4.78, 5) is 23.3. The molecule has 2 aliphatic heterocycles. The molecule has 39 heavy (non-hydrogen) atoms. The van der Waals surface area contributed by atoms with Crippen LogP contribution in [-0.4, -0.2) is 66.2 Å². The van der Waals surface area contributed by atoms with Gasteiger partial charge in [0.25, 0.3) is 0 Å². The first kappa shape index (κ1) is 26.0. The van der Waals surface area contributed by atoms with Crippen molar-refractivity contribution in [3.8, 4) is 11.1 Å². The van der Waals surface area contributed by atoms with Gasteiger partial charge in [-0.2, -0.15) is 9.90 Å². The molecule has 0 saturated carbocycles. The summed E-state index contributed by atoms with van der Waals surface area (Å²) in [6, 6.07) is 12.3. The highest BCUT2D eigenvalue weighted by Crippen LogP contribution is 2.34. The predicted molar refractivity (Wildman–Crippen MR) is 155 cm³/mol. The lowest BCUT2D eigenvalue weighted by molar-refractivity contribution is -0.127. The number of fused-ring (bicyclic) bond motifs is 2. The number of hydrogen-bond acceptors (Lipinski definition) is 5. The molecule has 2 aliphatic rings. The molecule has 3 heterocycles. The molecule has 11 nitrogen and oxygen atoms in total. The number of hydrazone groups is 1. The molecule has 1 aromatic heterocycles. The van der Waals surface area contributed by atoms with E-state index in [1.54, 1.807) is 9.59 Å². The van der Waals surface area contributed by atoms with E-state index in [0.29, 0.717) is 24.5 Å². The lowest BCUT2D eigenvalue weighted by Gasteiger charge is -2.26. The van der Waals surface area contributed by atoms with E-state index in [1.807, 2.05) is 41.4 Å². The topological polar surface area (TPSA) is 132 Å². The summed E-state index contributed by atoms with van der Waals surface area (Å²) >= 11 is 0. The quantitative estimate of drug-likeness (QED) is 0.347. The number of nitrogens with one attached hydrogen (secondary N) is 3.